The highest BCUT2D eigenvalue weighted by atomic mass is 35.5. The average molecular weight is 323 g/mol. The molecular formula is C15H15ClN2O2S. The Hall–Kier alpha value is -1.72. The van der Waals surface area contributed by atoms with E-state index in [1.807, 2.05) is 6.92 Å². The Morgan fingerprint density at radius 2 is 2.00 bits per heavy atom. The van der Waals surface area contributed by atoms with E-state index >= 15 is 0 Å². The fourth-order valence-corrected chi connectivity index (χ4v) is 3.60. The van der Waals surface area contributed by atoms with Crippen LogP contribution in [0.25, 0.3) is 0 Å². The summed E-state index contributed by atoms with van der Waals surface area (Å²) in [5, 5.41) is 3.74. The van der Waals surface area contributed by atoms with Crippen molar-refractivity contribution in [3.63, 3.8) is 0 Å². The maximum Gasteiger partial charge on any atom is 0.261 e. The minimum absolute atomic E-state index is 0.265. The summed E-state index contributed by atoms with van der Waals surface area (Å²) >= 11 is 6.02. The van der Waals surface area contributed by atoms with Gasteiger partial charge < -0.3 is 5.32 Å². The number of nitrogens with one attached hydrogen (secondary N) is 2. The Morgan fingerprint density at radius 3 is 2.76 bits per heavy atom. The van der Waals surface area contributed by atoms with Gasteiger partial charge in [0, 0.05) is 17.3 Å². The van der Waals surface area contributed by atoms with Gasteiger partial charge in [-0.2, -0.15) is 0 Å². The van der Waals surface area contributed by atoms with Crippen molar-refractivity contribution in [2.75, 3.05) is 16.6 Å². The zero-order valence-corrected chi connectivity index (χ0v) is 13.1. The summed E-state index contributed by atoms with van der Waals surface area (Å²) in [4.78, 5) is 0.265. The van der Waals surface area contributed by atoms with Crippen LogP contribution in [-0.2, 0) is 16.4 Å². The number of sulfonamides is 1. The van der Waals surface area contributed by atoms with Crippen molar-refractivity contribution in [1.82, 2.24) is 0 Å². The molecule has 0 aromatic heterocycles. The fraction of sp³-hybridized carbons (Fsp3) is 0.200. The van der Waals surface area contributed by atoms with Gasteiger partial charge in [-0.25, -0.2) is 8.42 Å². The van der Waals surface area contributed by atoms with Gasteiger partial charge in [-0.05, 0) is 54.8 Å². The Balaban J connectivity index is 1.91. The molecule has 0 atom stereocenters. The van der Waals surface area contributed by atoms with E-state index in [0.29, 0.717) is 10.7 Å². The second kappa shape index (κ2) is 5.24. The standard InChI is InChI=1S/C15H15ClN2O2S/c1-10-2-3-12(9-14(10)16)18-21(19,20)13-4-5-15-11(8-13)6-7-17-15/h2-5,8-9,17-18H,6-7H2,1H3. The first-order valence-electron chi connectivity index (χ1n) is 6.61. The van der Waals surface area contributed by atoms with Crippen molar-refractivity contribution in [3.05, 3.63) is 52.5 Å². The summed E-state index contributed by atoms with van der Waals surface area (Å²) in [6.45, 7) is 2.72. The van der Waals surface area contributed by atoms with E-state index in [-0.39, 0.29) is 4.90 Å². The highest BCUT2D eigenvalue weighted by molar-refractivity contribution is 7.92. The predicted molar refractivity (Wildman–Crippen MR) is 85.6 cm³/mol. The number of rotatable bonds is 3. The third-order valence-electron chi connectivity index (χ3n) is 3.52. The van der Waals surface area contributed by atoms with Gasteiger partial charge in [0.25, 0.3) is 10.0 Å². The maximum absolute atomic E-state index is 12.4. The van der Waals surface area contributed by atoms with E-state index in [0.717, 1.165) is 29.8 Å². The molecule has 6 heteroatoms. The molecule has 0 spiro atoms. The van der Waals surface area contributed by atoms with Gasteiger partial charge in [0.05, 0.1) is 10.6 Å². The van der Waals surface area contributed by atoms with Crippen LogP contribution in [0.1, 0.15) is 11.1 Å². The Labute approximate surface area is 129 Å². The van der Waals surface area contributed by atoms with Gasteiger partial charge in [-0.15, -0.1) is 0 Å². The first-order valence-corrected chi connectivity index (χ1v) is 8.47. The lowest BCUT2D eigenvalue weighted by atomic mass is 10.2. The summed E-state index contributed by atoms with van der Waals surface area (Å²) in [6.07, 6.45) is 0.842. The summed E-state index contributed by atoms with van der Waals surface area (Å²) in [6, 6.07) is 10.2. The van der Waals surface area contributed by atoms with Crippen LogP contribution in [0.5, 0.6) is 0 Å². The number of aryl methyl sites for hydroxylation is 1. The molecule has 0 unspecified atom stereocenters. The van der Waals surface area contributed by atoms with E-state index in [1.165, 1.54) is 0 Å². The molecule has 0 saturated carbocycles. The van der Waals surface area contributed by atoms with E-state index in [1.54, 1.807) is 36.4 Å². The monoisotopic (exact) mass is 322 g/mol. The number of hydrogen-bond donors (Lipinski definition) is 2. The van der Waals surface area contributed by atoms with Crippen LogP contribution in [0.4, 0.5) is 11.4 Å². The van der Waals surface area contributed by atoms with Gasteiger partial charge in [-0.1, -0.05) is 17.7 Å². The van der Waals surface area contributed by atoms with Gasteiger partial charge in [-0.3, -0.25) is 4.72 Å². The molecule has 3 rings (SSSR count). The van der Waals surface area contributed by atoms with Crippen molar-refractivity contribution in [2.24, 2.45) is 0 Å². The van der Waals surface area contributed by atoms with Crippen LogP contribution >= 0.6 is 11.6 Å². The summed E-state index contributed by atoms with van der Waals surface area (Å²) in [7, 11) is -3.60. The van der Waals surface area contributed by atoms with Gasteiger partial charge >= 0.3 is 0 Å². The van der Waals surface area contributed by atoms with Crippen molar-refractivity contribution < 1.29 is 8.42 Å². The lowest BCUT2D eigenvalue weighted by Crippen LogP contribution is -2.13. The SMILES string of the molecule is Cc1ccc(NS(=O)(=O)c2ccc3c(c2)CCN3)cc1Cl. The predicted octanol–water partition coefficient (Wildman–Crippen LogP) is 3.42. The molecule has 0 aliphatic carbocycles. The van der Waals surface area contributed by atoms with E-state index in [2.05, 4.69) is 10.0 Å². The highest BCUT2D eigenvalue weighted by Crippen LogP contribution is 2.27. The number of hydrogen-bond acceptors (Lipinski definition) is 3. The molecule has 110 valence electrons. The summed E-state index contributed by atoms with van der Waals surface area (Å²) in [5.74, 6) is 0. The van der Waals surface area contributed by atoms with Gasteiger partial charge in [0.1, 0.15) is 0 Å². The quantitative estimate of drug-likeness (QED) is 0.910. The topological polar surface area (TPSA) is 58.2 Å². The minimum Gasteiger partial charge on any atom is -0.384 e. The number of anilines is 2. The molecule has 21 heavy (non-hydrogen) atoms. The number of fused-ring (bicyclic) bond motifs is 1. The summed E-state index contributed by atoms with van der Waals surface area (Å²) in [5.41, 5.74) is 3.40. The number of halogens is 1. The maximum atomic E-state index is 12.4. The van der Waals surface area contributed by atoms with Crippen molar-refractivity contribution in [2.45, 2.75) is 18.2 Å². The largest absolute Gasteiger partial charge is 0.384 e. The van der Waals surface area contributed by atoms with E-state index < -0.39 is 10.0 Å². The smallest absolute Gasteiger partial charge is 0.261 e. The Bertz CT molecular complexity index is 803. The Morgan fingerprint density at radius 1 is 1.19 bits per heavy atom. The molecular weight excluding hydrogens is 308 g/mol. The molecule has 4 nitrogen and oxygen atoms in total. The highest BCUT2D eigenvalue weighted by Gasteiger charge is 2.18. The molecule has 2 N–H and O–H groups in total. The molecule has 2 aromatic carbocycles. The molecule has 0 amide bonds. The third kappa shape index (κ3) is 2.84. The lowest BCUT2D eigenvalue weighted by Gasteiger charge is -2.10. The Kier molecular flexibility index (Phi) is 3.55. The zero-order valence-electron chi connectivity index (χ0n) is 11.5. The van der Waals surface area contributed by atoms with Crippen LogP contribution in [-0.4, -0.2) is 15.0 Å². The lowest BCUT2D eigenvalue weighted by molar-refractivity contribution is 0.601. The second-order valence-corrected chi connectivity index (χ2v) is 7.15. The molecule has 1 aliphatic heterocycles. The molecule has 1 heterocycles. The van der Waals surface area contributed by atoms with Crippen molar-refractivity contribution in [3.8, 4) is 0 Å². The first kappa shape index (κ1) is 14.2. The molecule has 0 saturated heterocycles. The molecule has 0 radical (unpaired) electrons. The van der Waals surface area contributed by atoms with Crippen LogP contribution in [0.2, 0.25) is 5.02 Å². The molecule has 0 fully saturated rings. The van der Waals surface area contributed by atoms with E-state index in [9.17, 15) is 8.42 Å². The van der Waals surface area contributed by atoms with Crippen LogP contribution in [0, 0.1) is 6.92 Å². The van der Waals surface area contributed by atoms with Gasteiger partial charge in [0.2, 0.25) is 0 Å². The number of benzene rings is 2. The van der Waals surface area contributed by atoms with E-state index in [4.69, 9.17) is 11.6 Å². The van der Waals surface area contributed by atoms with Crippen molar-refractivity contribution in [1.29, 1.82) is 0 Å². The fourth-order valence-electron chi connectivity index (χ4n) is 2.32. The second-order valence-electron chi connectivity index (χ2n) is 5.07. The van der Waals surface area contributed by atoms with Gasteiger partial charge in [0.15, 0.2) is 0 Å². The van der Waals surface area contributed by atoms with Crippen molar-refractivity contribution >= 4 is 33.0 Å². The molecule has 0 bridgehead atoms. The van der Waals surface area contributed by atoms with Crippen LogP contribution < -0.4 is 10.0 Å². The summed E-state index contributed by atoms with van der Waals surface area (Å²) < 4.78 is 27.4. The minimum atomic E-state index is -3.60. The van der Waals surface area contributed by atoms with Crippen LogP contribution in [0.15, 0.2) is 41.3 Å². The average Bonchev–Trinajstić information content (AvgIpc) is 2.90. The molecule has 1 aliphatic rings. The van der Waals surface area contributed by atoms with Crippen LogP contribution in [0.3, 0.4) is 0 Å². The third-order valence-corrected chi connectivity index (χ3v) is 5.31. The zero-order chi connectivity index (χ0) is 15.0. The first-order chi connectivity index (χ1) is 9.95. The molecule has 2 aromatic rings. The normalized spacial score (nSPS) is 13.6.